The van der Waals surface area contributed by atoms with Gasteiger partial charge in [-0.1, -0.05) is 0 Å². The van der Waals surface area contributed by atoms with Crippen molar-refractivity contribution in [2.45, 2.75) is 12.5 Å². The van der Waals surface area contributed by atoms with Crippen molar-refractivity contribution in [1.29, 1.82) is 5.26 Å². The maximum absolute atomic E-state index is 10.8. The number of nitro benzene ring substituents is 1. The van der Waals surface area contributed by atoms with Gasteiger partial charge in [0, 0.05) is 6.07 Å². The van der Waals surface area contributed by atoms with Crippen molar-refractivity contribution in [2.75, 3.05) is 13.2 Å². The van der Waals surface area contributed by atoms with Gasteiger partial charge in [-0.15, -0.1) is 0 Å². The topological polar surface area (TPSA) is 88.7 Å². The Hall–Kier alpha value is -2.13. The Morgan fingerprint density at radius 1 is 1.71 bits per heavy atom. The van der Waals surface area contributed by atoms with Gasteiger partial charge in [0.1, 0.15) is 12.2 Å². The Morgan fingerprint density at radius 3 is 2.94 bits per heavy atom. The molecule has 0 aromatic heterocycles. The van der Waals surface area contributed by atoms with Gasteiger partial charge in [-0.25, -0.2) is 0 Å². The summed E-state index contributed by atoms with van der Waals surface area (Å²) in [5.74, 6) is 0.158. The molecule has 2 rings (SSSR count). The molecule has 88 valence electrons. The molecular weight excluding hydrogens is 224 g/mol. The highest BCUT2D eigenvalue weighted by Crippen LogP contribution is 2.31. The summed E-state index contributed by atoms with van der Waals surface area (Å²) in [5.41, 5.74) is -0.298. The van der Waals surface area contributed by atoms with Crippen LogP contribution >= 0.6 is 0 Å². The zero-order chi connectivity index (χ0) is 12.5. The molecule has 0 bridgehead atoms. The van der Waals surface area contributed by atoms with Gasteiger partial charge in [0.25, 0.3) is 0 Å². The van der Waals surface area contributed by atoms with E-state index in [1.807, 2.05) is 13.0 Å². The third kappa shape index (κ3) is 2.52. The van der Waals surface area contributed by atoms with Crippen molar-refractivity contribution in [3.05, 3.63) is 33.9 Å². The van der Waals surface area contributed by atoms with Crippen LogP contribution in [0.2, 0.25) is 0 Å². The van der Waals surface area contributed by atoms with E-state index in [0.717, 1.165) is 0 Å². The number of hydrogen-bond donors (Lipinski definition) is 0. The van der Waals surface area contributed by atoms with E-state index < -0.39 is 4.92 Å². The van der Waals surface area contributed by atoms with E-state index >= 15 is 0 Å². The Labute approximate surface area is 97.5 Å². The fourth-order valence-corrected chi connectivity index (χ4v) is 1.29. The van der Waals surface area contributed by atoms with E-state index in [0.29, 0.717) is 6.61 Å². The molecule has 1 aromatic rings. The van der Waals surface area contributed by atoms with Crippen molar-refractivity contribution in [3.8, 4) is 11.8 Å². The molecule has 0 saturated carbocycles. The van der Waals surface area contributed by atoms with Gasteiger partial charge in [-0.3, -0.25) is 10.1 Å². The van der Waals surface area contributed by atoms with Gasteiger partial charge in [-0.2, -0.15) is 5.26 Å². The zero-order valence-electron chi connectivity index (χ0n) is 9.17. The van der Waals surface area contributed by atoms with E-state index in [-0.39, 0.29) is 29.2 Å². The molecular formula is C11H10N2O4. The third-order valence-corrected chi connectivity index (χ3v) is 2.45. The Kier molecular flexibility index (Phi) is 2.69. The van der Waals surface area contributed by atoms with Crippen LogP contribution < -0.4 is 4.74 Å². The average molecular weight is 234 g/mol. The number of hydrogen-bond acceptors (Lipinski definition) is 5. The lowest BCUT2D eigenvalue weighted by Crippen LogP contribution is -2.17. The highest BCUT2D eigenvalue weighted by Gasteiger charge is 2.40. The van der Waals surface area contributed by atoms with Gasteiger partial charge < -0.3 is 9.47 Å². The first-order valence-electron chi connectivity index (χ1n) is 4.99. The van der Waals surface area contributed by atoms with Crippen LogP contribution in [0.5, 0.6) is 5.75 Å². The predicted molar refractivity (Wildman–Crippen MR) is 57.7 cm³/mol. The second-order valence-corrected chi connectivity index (χ2v) is 4.08. The highest BCUT2D eigenvalue weighted by molar-refractivity contribution is 5.51. The molecule has 17 heavy (non-hydrogen) atoms. The SMILES string of the molecule is CC1(COc2ccc(C#N)cc2[N+](=O)[O-])CO1. The van der Waals surface area contributed by atoms with Crippen LogP contribution in [-0.4, -0.2) is 23.7 Å². The Bertz CT molecular complexity index is 503. The number of benzene rings is 1. The number of rotatable bonds is 4. The minimum absolute atomic E-state index is 0.158. The number of epoxide rings is 1. The number of nitro groups is 1. The molecule has 6 nitrogen and oxygen atoms in total. The van der Waals surface area contributed by atoms with Crippen molar-refractivity contribution in [3.63, 3.8) is 0 Å². The molecule has 0 spiro atoms. The lowest BCUT2D eigenvalue weighted by Gasteiger charge is -2.08. The lowest BCUT2D eigenvalue weighted by molar-refractivity contribution is -0.385. The summed E-state index contributed by atoms with van der Waals surface area (Å²) >= 11 is 0. The van der Waals surface area contributed by atoms with Crippen LogP contribution in [0, 0.1) is 21.4 Å². The standard InChI is InChI=1S/C11H10N2O4/c1-11(7-17-11)6-16-10-3-2-8(5-12)4-9(10)13(14)15/h2-4H,6-7H2,1H3. The van der Waals surface area contributed by atoms with E-state index in [9.17, 15) is 10.1 Å². The smallest absolute Gasteiger partial charge is 0.312 e. The van der Waals surface area contributed by atoms with Crippen molar-refractivity contribution < 1.29 is 14.4 Å². The van der Waals surface area contributed by atoms with Gasteiger partial charge >= 0.3 is 5.69 Å². The second-order valence-electron chi connectivity index (χ2n) is 4.08. The Morgan fingerprint density at radius 2 is 2.41 bits per heavy atom. The molecule has 0 amide bonds. The summed E-state index contributed by atoms with van der Waals surface area (Å²) in [6, 6.07) is 5.97. The van der Waals surface area contributed by atoms with Crippen LogP contribution in [0.3, 0.4) is 0 Å². The van der Waals surface area contributed by atoms with Gasteiger partial charge in [0.15, 0.2) is 5.75 Å². The minimum atomic E-state index is -0.563. The quantitative estimate of drug-likeness (QED) is 0.448. The summed E-state index contributed by atoms with van der Waals surface area (Å²) in [6.07, 6.45) is 0. The first kappa shape index (κ1) is 11.4. The first-order valence-corrected chi connectivity index (χ1v) is 4.99. The number of nitrogens with zero attached hydrogens (tertiary/aromatic N) is 2. The zero-order valence-corrected chi connectivity index (χ0v) is 9.17. The van der Waals surface area contributed by atoms with E-state index in [4.69, 9.17) is 14.7 Å². The molecule has 1 aromatic carbocycles. The van der Waals surface area contributed by atoms with Crippen LogP contribution in [0.1, 0.15) is 12.5 Å². The largest absolute Gasteiger partial charge is 0.484 e. The second kappa shape index (κ2) is 4.03. The maximum Gasteiger partial charge on any atom is 0.312 e. The van der Waals surface area contributed by atoms with Gasteiger partial charge in [-0.05, 0) is 19.1 Å². The minimum Gasteiger partial charge on any atom is -0.484 e. The number of nitriles is 1. The maximum atomic E-state index is 10.8. The highest BCUT2D eigenvalue weighted by atomic mass is 16.6. The van der Waals surface area contributed by atoms with Crippen LogP contribution in [0.25, 0.3) is 0 Å². The van der Waals surface area contributed by atoms with Crippen LogP contribution in [0.4, 0.5) is 5.69 Å². The van der Waals surface area contributed by atoms with E-state index in [2.05, 4.69) is 0 Å². The molecule has 1 aliphatic rings. The molecule has 1 atom stereocenters. The molecule has 1 fully saturated rings. The molecule has 1 unspecified atom stereocenters. The van der Waals surface area contributed by atoms with Gasteiger partial charge in [0.05, 0.1) is 23.2 Å². The molecule has 0 N–H and O–H groups in total. The number of ether oxygens (including phenoxy) is 2. The van der Waals surface area contributed by atoms with E-state index in [1.54, 1.807) is 0 Å². The average Bonchev–Trinajstić information content (AvgIpc) is 3.05. The summed E-state index contributed by atoms with van der Waals surface area (Å²) in [6.45, 7) is 2.72. The summed E-state index contributed by atoms with van der Waals surface area (Å²) in [7, 11) is 0. The van der Waals surface area contributed by atoms with Crippen molar-refractivity contribution in [1.82, 2.24) is 0 Å². The fourth-order valence-electron chi connectivity index (χ4n) is 1.29. The fraction of sp³-hybridized carbons (Fsp3) is 0.364. The summed E-state index contributed by atoms with van der Waals surface area (Å²) in [5, 5.41) is 19.5. The van der Waals surface area contributed by atoms with Crippen molar-refractivity contribution in [2.24, 2.45) is 0 Å². The monoisotopic (exact) mass is 234 g/mol. The molecule has 0 radical (unpaired) electrons. The molecule has 6 heteroatoms. The molecule has 1 heterocycles. The summed E-state index contributed by atoms with van der Waals surface area (Å²) < 4.78 is 10.5. The molecule has 1 saturated heterocycles. The normalized spacial score (nSPS) is 21.6. The predicted octanol–water partition coefficient (Wildman–Crippen LogP) is 1.63. The van der Waals surface area contributed by atoms with E-state index in [1.165, 1.54) is 18.2 Å². The Balaban J connectivity index is 2.20. The third-order valence-electron chi connectivity index (χ3n) is 2.45. The van der Waals surface area contributed by atoms with Gasteiger partial charge in [0.2, 0.25) is 0 Å². The molecule has 0 aliphatic carbocycles. The summed E-state index contributed by atoms with van der Waals surface area (Å²) in [4.78, 5) is 10.3. The lowest BCUT2D eigenvalue weighted by atomic mass is 10.2. The molecule has 1 aliphatic heterocycles. The van der Waals surface area contributed by atoms with Crippen LogP contribution in [-0.2, 0) is 4.74 Å². The van der Waals surface area contributed by atoms with Crippen molar-refractivity contribution >= 4 is 5.69 Å². The van der Waals surface area contributed by atoms with Crippen LogP contribution in [0.15, 0.2) is 18.2 Å². The first-order chi connectivity index (χ1) is 8.04.